The van der Waals surface area contributed by atoms with Gasteiger partial charge in [0.1, 0.15) is 5.82 Å². The van der Waals surface area contributed by atoms with E-state index in [1.807, 2.05) is 30.5 Å². The van der Waals surface area contributed by atoms with Gasteiger partial charge < -0.3 is 5.73 Å². The lowest BCUT2D eigenvalue weighted by molar-refractivity contribution is 1.33. The molecule has 0 saturated carbocycles. The fourth-order valence-corrected chi connectivity index (χ4v) is 1.93. The zero-order chi connectivity index (χ0) is 11.7. The summed E-state index contributed by atoms with van der Waals surface area (Å²) in [5, 5.41) is 2.30. The quantitative estimate of drug-likeness (QED) is 0.687. The van der Waals surface area contributed by atoms with Crippen molar-refractivity contribution in [2.75, 3.05) is 5.73 Å². The number of hydrogen-bond donors (Lipinski definition) is 1. The third-order valence-corrected chi connectivity index (χ3v) is 2.78. The van der Waals surface area contributed by atoms with E-state index in [0.29, 0.717) is 5.82 Å². The zero-order valence-corrected chi connectivity index (χ0v) is 9.17. The van der Waals surface area contributed by atoms with Gasteiger partial charge in [-0.3, -0.25) is 4.98 Å². The first-order chi connectivity index (χ1) is 8.34. The lowest BCUT2D eigenvalue weighted by Crippen LogP contribution is -1.89. The molecule has 0 spiro atoms. The molecule has 82 valence electrons. The number of nitrogens with zero attached hydrogens (tertiary/aromatic N) is 2. The number of nitrogens with two attached hydrogens (primary N) is 1. The summed E-state index contributed by atoms with van der Waals surface area (Å²) in [5.41, 5.74) is 7.78. The summed E-state index contributed by atoms with van der Waals surface area (Å²) in [6.07, 6.45) is 5.46. The van der Waals surface area contributed by atoms with Gasteiger partial charge in [0.2, 0.25) is 0 Å². The van der Waals surface area contributed by atoms with E-state index >= 15 is 0 Å². The zero-order valence-electron chi connectivity index (χ0n) is 9.17. The molecule has 0 radical (unpaired) electrons. The van der Waals surface area contributed by atoms with E-state index in [1.54, 1.807) is 12.4 Å². The van der Waals surface area contributed by atoms with Crippen molar-refractivity contribution in [2.45, 2.75) is 0 Å². The van der Waals surface area contributed by atoms with Gasteiger partial charge in [-0.25, -0.2) is 4.98 Å². The molecule has 3 aromatic rings. The van der Waals surface area contributed by atoms with Crippen LogP contribution in [0.2, 0.25) is 0 Å². The van der Waals surface area contributed by atoms with Gasteiger partial charge in [-0.15, -0.1) is 0 Å². The van der Waals surface area contributed by atoms with E-state index in [4.69, 9.17) is 5.73 Å². The van der Waals surface area contributed by atoms with Crippen molar-refractivity contribution >= 4 is 16.6 Å². The Hall–Kier alpha value is -2.42. The Bertz CT molecular complexity index is 654. The molecule has 2 aromatic heterocycles. The molecule has 0 bridgehead atoms. The number of anilines is 1. The minimum atomic E-state index is 0.534. The second kappa shape index (κ2) is 3.87. The molecule has 2 N–H and O–H groups in total. The van der Waals surface area contributed by atoms with Crippen molar-refractivity contribution in [3.05, 3.63) is 55.0 Å². The van der Waals surface area contributed by atoms with Gasteiger partial charge >= 0.3 is 0 Å². The Balaban J connectivity index is 2.27. The number of aromatic nitrogens is 2. The van der Waals surface area contributed by atoms with Crippen LogP contribution in [0.5, 0.6) is 0 Å². The van der Waals surface area contributed by atoms with Crippen LogP contribution in [0.3, 0.4) is 0 Å². The molecular weight excluding hydrogens is 210 g/mol. The van der Waals surface area contributed by atoms with Crippen LogP contribution in [0, 0.1) is 0 Å². The van der Waals surface area contributed by atoms with Crippen LogP contribution in [-0.4, -0.2) is 9.97 Å². The number of pyridine rings is 2. The minimum Gasteiger partial charge on any atom is -0.384 e. The van der Waals surface area contributed by atoms with Gasteiger partial charge in [-0.1, -0.05) is 18.2 Å². The predicted octanol–water partition coefficient (Wildman–Crippen LogP) is 2.88. The van der Waals surface area contributed by atoms with Gasteiger partial charge in [0, 0.05) is 29.5 Å². The second-order valence-electron chi connectivity index (χ2n) is 3.87. The van der Waals surface area contributed by atoms with Gasteiger partial charge in [0.25, 0.3) is 0 Å². The molecule has 2 heterocycles. The minimum absolute atomic E-state index is 0.534. The molecule has 17 heavy (non-hydrogen) atoms. The van der Waals surface area contributed by atoms with E-state index in [2.05, 4.69) is 22.1 Å². The highest BCUT2D eigenvalue weighted by atomic mass is 14.8. The average molecular weight is 221 g/mol. The SMILES string of the molecule is Nc1ccc(-c2cccc3ccncc23)cn1. The highest BCUT2D eigenvalue weighted by Crippen LogP contribution is 2.27. The topological polar surface area (TPSA) is 51.8 Å². The Morgan fingerprint density at radius 3 is 2.71 bits per heavy atom. The maximum Gasteiger partial charge on any atom is 0.123 e. The van der Waals surface area contributed by atoms with Gasteiger partial charge in [0.15, 0.2) is 0 Å². The molecule has 3 rings (SSSR count). The Kier molecular flexibility index (Phi) is 2.22. The summed E-state index contributed by atoms with van der Waals surface area (Å²) in [4.78, 5) is 8.29. The fraction of sp³-hybridized carbons (Fsp3) is 0. The monoisotopic (exact) mass is 221 g/mol. The molecule has 3 nitrogen and oxygen atoms in total. The van der Waals surface area contributed by atoms with E-state index in [9.17, 15) is 0 Å². The number of hydrogen-bond acceptors (Lipinski definition) is 3. The van der Waals surface area contributed by atoms with E-state index in [-0.39, 0.29) is 0 Å². The van der Waals surface area contributed by atoms with Crippen LogP contribution in [0.15, 0.2) is 55.0 Å². The fourth-order valence-electron chi connectivity index (χ4n) is 1.93. The number of fused-ring (bicyclic) bond motifs is 1. The summed E-state index contributed by atoms with van der Waals surface area (Å²) in [7, 11) is 0. The molecule has 0 atom stereocenters. The molecule has 3 heteroatoms. The van der Waals surface area contributed by atoms with Crippen molar-refractivity contribution in [3.8, 4) is 11.1 Å². The predicted molar refractivity (Wildman–Crippen MR) is 69.4 cm³/mol. The average Bonchev–Trinajstić information content (AvgIpc) is 2.39. The van der Waals surface area contributed by atoms with Crippen LogP contribution >= 0.6 is 0 Å². The van der Waals surface area contributed by atoms with Crippen molar-refractivity contribution in [3.63, 3.8) is 0 Å². The maximum absolute atomic E-state index is 5.59. The molecule has 0 amide bonds. The van der Waals surface area contributed by atoms with Crippen molar-refractivity contribution in [1.29, 1.82) is 0 Å². The highest BCUT2D eigenvalue weighted by molar-refractivity contribution is 5.95. The first kappa shape index (κ1) is 9.78. The molecule has 1 aromatic carbocycles. The smallest absolute Gasteiger partial charge is 0.123 e. The van der Waals surface area contributed by atoms with Gasteiger partial charge in [-0.05, 0) is 29.1 Å². The first-order valence-electron chi connectivity index (χ1n) is 5.39. The largest absolute Gasteiger partial charge is 0.384 e. The summed E-state index contributed by atoms with van der Waals surface area (Å²) >= 11 is 0. The summed E-state index contributed by atoms with van der Waals surface area (Å²) in [5.74, 6) is 0.534. The second-order valence-corrected chi connectivity index (χ2v) is 3.87. The molecule has 0 saturated heterocycles. The van der Waals surface area contributed by atoms with Gasteiger partial charge in [0.05, 0.1) is 0 Å². The lowest BCUT2D eigenvalue weighted by Gasteiger charge is -2.05. The third kappa shape index (κ3) is 1.72. The van der Waals surface area contributed by atoms with Crippen LogP contribution in [0.25, 0.3) is 21.9 Å². The van der Waals surface area contributed by atoms with E-state index in [0.717, 1.165) is 16.5 Å². The Labute approximate surface area is 98.9 Å². The summed E-state index contributed by atoms with van der Waals surface area (Å²) in [6.45, 7) is 0. The van der Waals surface area contributed by atoms with Crippen LogP contribution in [0.4, 0.5) is 5.82 Å². The highest BCUT2D eigenvalue weighted by Gasteiger charge is 2.03. The number of rotatable bonds is 1. The van der Waals surface area contributed by atoms with Crippen LogP contribution in [0.1, 0.15) is 0 Å². The van der Waals surface area contributed by atoms with E-state index in [1.165, 1.54) is 5.39 Å². The Morgan fingerprint density at radius 1 is 0.941 bits per heavy atom. The molecule has 0 aliphatic carbocycles. The normalized spacial score (nSPS) is 10.6. The molecule has 0 unspecified atom stereocenters. The molecule has 0 aliphatic heterocycles. The van der Waals surface area contributed by atoms with E-state index < -0.39 is 0 Å². The Morgan fingerprint density at radius 2 is 1.88 bits per heavy atom. The standard InChI is InChI=1S/C14H11N3/c15-14-5-4-11(8-17-14)12-3-1-2-10-6-7-16-9-13(10)12/h1-9H,(H2,15,17). The number of nitrogen functional groups attached to an aromatic ring is 1. The molecular formula is C14H11N3. The first-order valence-corrected chi connectivity index (χ1v) is 5.39. The van der Waals surface area contributed by atoms with Crippen LogP contribution in [-0.2, 0) is 0 Å². The van der Waals surface area contributed by atoms with Crippen molar-refractivity contribution in [2.24, 2.45) is 0 Å². The summed E-state index contributed by atoms with van der Waals surface area (Å²) in [6, 6.07) is 12.0. The summed E-state index contributed by atoms with van der Waals surface area (Å²) < 4.78 is 0. The molecule has 0 aliphatic rings. The van der Waals surface area contributed by atoms with Crippen molar-refractivity contribution in [1.82, 2.24) is 9.97 Å². The van der Waals surface area contributed by atoms with Crippen LogP contribution < -0.4 is 5.73 Å². The lowest BCUT2D eigenvalue weighted by atomic mass is 10.0. The molecule has 0 fully saturated rings. The maximum atomic E-state index is 5.59. The number of benzene rings is 1. The van der Waals surface area contributed by atoms with Gasteiger partial charge in [-0.2, -0.15) is 0 Å². The third-order valence-electron chi connectivity index (χ3n) is 2.78. The van der Waals surface area contributed by atoms with Crippen molar-refractivity contribution < 1.29 is 0 Å².